The predicted octanol–water partition coefficient (Wildman–Crippen LogP) is 2.16. The number of halogens is 1. The van der Waals surface area contributed by atoms with E-state index in [1.165, 1.54) is 5.56 Å². The SMILES string of the molecule is CCNC(=NCC(=O)N1CCCC1)NCCCN1CCN(C)CC1c1ccccc1.I. The Morgan fingerprint density at radius 2 is 1.84 bits per heavy atom. The normalized spacial score (nSPS) is 20.4. The monoisotopic (exact) mass is 542 g/mol. The Balaban J connectivity index is 0.00000341. The molecule has 174 valence electrons. The van der Waals surface area contributed by atoms with E-state index >= 15 is 0 Å². The van der Waals surface area contributed by atoms with Gasteiger partial charge in [-0.05, 0) is 38.8 Å². The van der Waals surface area contributed by atoms with Gasteiger partial charge in [-0.3, -0.25) is 9.69 Å². The van der Waals surface area contributed by atoms with Crippen molar-refractivity contribution < 1.29 is 4.79 Å². The summed E-state index contributed by atoms with van der Waals surface area (Å²) in [5.74, 6) is 0.871. The summed E-state index contributed by atoms with van der Waals surface area (Å²) in [7, 11) is 2.21. The van der Waals surface area contributed by atoms with E-state index in [-0.39, 0.29) is 36.4 Å². The third-order valence-electron chi connectivity index (χ3n) is 5.97. The highest BCUT2D eigenvalue weighted by molar-refractivity contribution is 14.0. The Kier molecular flexibility index (Phi) is 11.6. The van der Waals surface area contributed by atoms with Gasteiger partial charge in [-0.25, -0.2) is 4.99 Å². The Morgan fingerprint density at radius 1 is 1.10 bits per heavy atom. The highest BCUT2D eigenvalue weighted by Gasteiger charge is 2.26. The first-order valence-electron chi connectivity index (χ1n) is 11.4. The third kappa shape index (κ3) is 8.23. The Bertz CT molecular complexity index is 680. The number of nitrogens with one attached hydrogen (secondary N) is 2. The number of amides is 1. The molecular formula is C23H39IN6O. The molecule has 2 aliphatic rings. The van der Waals surface area contributed by atoms with E-state index in [0.29, 0.717) is 6.04 Å². The van der Waals surface area contributed by atoms with Crippen molar-refractivity contribution in [3.63, 3.8) is 0 Å². The first kappa shape index (κ1) is 25.9. The number of hydrogen-bond acceptors (Lipinski definition) is 4. The smallest absolute Gasteiger partial charge is 0.244 e. The molecule has 31 heavy (non-hydrogen) atoms. The number of carbonyl (C=O) groups is 1. The van der Waals surface area contributed by atoms with Gasteiger partial charge in [-0.1, -0.05) is 30.3 Å². The molecule has 8 heteroatoms. The molecule has 0 radical (unpaired) electrons. The molecular weight excluding hydrogens is 503 g/mol. The number of piperazine rings is 1. The number of likely N-dealkylation sites (N-methyl/N-ethyl adjacent to an activating group) is 1. The van der Waals surface area contributed by atoms with Crippen LogP contribution < -0.4 is 10.6 Å². The lowest BCUT2D eigenvalue weighted by molar-refractivity contribution is -0.128. The maximum absolute atomic E-state index is 12.2. The topological polar surface area (TPSA) is 63.2 Å². The molecule has 1 amide bonds. The maximum atomic E-state index is 12.2. The number of nitrogens with zero attached hydrogens (tertiary/aromatic N) is 4. The molecule has 2 N–H and O–H groups in total. The average Bonchev–Trinajstić information content (AvgIpc) is 3.31. The van der Waals surface area contributed by atoms with Crippen molar-refractivity contribution in [1.82, 2.24) is 25.3 Å². The van der Waals surface area contributed by atoms with Gasteiger partial charge in [-0.2, -0.15) is 0 Å². The first-order chi connectivity index (χ1) is 14.7. The van der Waals surface area contributed by atoms with E-state index in [1.807, 2.05) is 11.8 Å². The van der Waals surface area contributed by atoms with Crippen LogP contribution >= 0.6 is 24.0 Å². The van der Waals surface area contributed by atoms with Crippen molar-refractivity contribution >= 4 is 35.8 Å². The van der Waals surface area contributed by atoms with Gasteiger partial charge in [0.05, 0.1) is 0 Å². The van der Waals surface area contributed by atoms with Gasteiger partial charge in [-0.15, -0.1) is 24.0 Å². The van der Waals surface area contributed by atoms with Crippen molar-refractivity contribution in [2.75, 3.05) is 66.0 Å². The molecule has 0 saturated carbocycles. The predicted molar refractivity (Wildman–Crippen MR) is 138 cm³/mol. The van der Waals surface area contributed by atoms with Crippen LogP contribution in [0.5, 0.6) is 0 Å². The van der Waals surface area contributed by atoms with E-state index in [0.717, 1.165) is 77.6 Å². The van der Waals surface area contributed by atoms with Crippen LogP contribution in [-0.4, -0.2) is 92.5 Å². The second-order valence-corrected chi connectivity index (χ2v) is 8.29. The number of benzene rings is 1. The molecule has 2 saturated heterocycles. The Morgan fingerprint density at radius 3 is 2.55 bits per heavy atom. The van der Waals surface area contributed by atoms with E-state index in [2.05, 4.69) is 62.8 Å². The highest BCUT2D eigenvalue weighted by atomic mass is 127. The minimum Gasteiger partial charge on any atom is -0.357 e. The van der Waals surface area contributed by atoms with Gasteiger partial charge in [0.15, 0.2) is 5.96 Å². The van der Waals surface area contributed by atoms with Crippen molar-refractivity contribution in [3.8, 4) is 0 Å². The summed E-state index contributed by atoms with van der Waals surface area (Å²) in [6.07, 6.45) is 3.27. The van der Waals surface area contributed by atoms with Crippen molar-refractivity contribution in [3.05, 3.63) is 35.9 Å². The molecule has 7 nitrogen and oxygen atoms in total. The van der Waals surface area contributed by atoms with E-state index < -0.39 is 0 Å². The van der Waals surface area contributed by atoms with Crippen LogP contribution in [0.4, 0.5) is 0 Å². The minimum absolute atomic E-state index is 0. The average molecular weight is 543 g/mol. The zero-order valence-electron chi connectivity index (χ0n) is 19.1. The van der Waals surface area contributed by atoms with E-state index in [1.54, 1.807) is 0 Å². The summed E-state index contributed by atoms with van der Waals surface area (Å²) in [5.41, 5.74) is 1.40. The first-order valence-corrected chi connectivity index (χ1v) is 11.4. The summed E-state index contributed by atoms with van der Waals surface area (Å²) in [6, 6.07) is 11.3. The summed E-state index contributed by atoms with van der Waals surface area (Å²) in [4.78, 5) is 23.7. The fraction of sp³-hybridized carbons (Fsp3) is 0.652. The van der Waals surface area contributed by atoms with Crippen LogP contribution in [-0.2, 0) is 4.79 Å². The fourth-order valence-corrected chi connectivity index (χ4v) is 4.26. The second-order valence-electron chi connectivity index (χ2n) is 8.29. The molecule has 0 bridgehead atoms. The summed E-state index contributed by atoms with van der Waals surface area (Å²) >= 11 is 0. The largest absolute Gasteiger partial charge is 0.357 e. The second kappa shape index (κ2) is 13.9. The number of carbonyl (C=O) groups excluding carboxylic acids is 1. The molecule has 2 fully saturated rings. The third-order valence-corrected chi connectivity index (χ3v) is 5.97. The lowest BCUT2D eigenvalue weighted by atomic mass is 10.0. The molecule has 0 aromatic heterocycles. The van der Waals surface area contributed by atoms with Gasteiger partial charge in [0.25, 0.3) is 0 Å². The molecule has 0 aliphatic carbocycles. The maximum Gasteiger partial charge on any atom is 0.244 e. The highest BCUT2D eigenvalue weighted by Crippen LogP contribution is 2.24. The zero-order valence-corrected chi connectivity index (χ0v) is 21.4. The van der Waals surface area contributed by atoms with Crippen LogP contribution in [0, 0.1) is 0 Å². The van der Waals surface area contributed by atoms with Crippen molar-refractivity contribution in [2.24, 2.45) is 4.99 Å². The van der Waals surface area contributed by atoms with Crippen LogP contribution in [0.2, 0.25) is 0 Å². The molecule has 2 aliphatic heterocycles. The van der Waals surface area contributed by atoms with Gasteiger partial charge in [0.1, 0.15) is 6.54 Å². The van der Waals surface area contributed by atoms with Gasteiger partial charge in [0.2, 0.25) is 5.91 Å². The Labute approximate surface area is 204 Å². The number of guanidine groups is 1. The molecule has 1 atom stereocenters. The molecule has 2 heterocycles. The van der Waals surface area contributed by atoms with Gasteiger partial charge >= 0.3 is 0 Å². The molecule has 1 unspecified atom stereocenters. The fourth-order valence-electron chi connectivity index (χ4n) is 4.26. The molecule has 1 aromatic carbocycles. The minimum atomic E-state index is 0. The van der Waals surface area contributed by atoms with Gasteiger partial charge < -0.3 is 20.4 Å². The number of likely N-dealkylation sites (tertiary alicyclic amines) is 1. The van der Waals surface area contributed by atoms with E-state index in [9.17, 15) is 4.79 Å². The quantitative estimate of drug-likeness (QED) is 0.228. The van der Waals surface area contributed by atoms with Gasteiger partial charge in [0, 0.05) is 58.4 Å². The van der Waals surface area contributed by atoms with Crippen LogP contribution in [0.15, 0.2) is 35.3 Å². The van der Waals surface area contributed by atoms with Crippen LogP contribution in [0.25, 0.3) is 0 Å². The van der Waals surface area contributed by atoms with Crippen molar-refractivity contribution in [2.45, 2.75) is 32.2 Å². The molecule has 0 spiro atoms. The molecule has 3 rings (SSSR count). The lowest BCUT2D eigenvalue weighted by Gasteiger charge is -2.40. The van der Waals surface area contributed by atoms with Crippen LogP contribution in [0.3, 0.4) is 0 Å². The van der Waals surface area contributed by atoms with Crippen molar-refractivity contribution in [1.29, 1.82) is 0 Å². The summed E-state index contributed by atoms with van der Waals surface area (Å²) < 4.78 is 0. The Hall–Kier alpha value is -1.39. The summed E-state index contributed by atoms with van der Waals surface area (Å²) in [5, 5.41) is 6.66. The standard InChI is InChI=1S/C23H38N6O.HI/c1-3-24-23(26-18-22(30)29-13-7-8-14-29)25-12-9-15-28-17-16-27(2)19-21(28)20-10-5-4-6-11-20;/h4-6,10-11,21H,3,7-9,12-19H2,1-2H3,(H2,24,25,26);1H. The lowest BCUT2D eigenvalue weighted by Crippen LogP contribution is -2.47. The van der Waals surface area contributed by atoms with Crippen LogP contribution in [0.1, 0.15) is 37.8 Å². The number of aliphatic imine (C=N–C) groups is 1. The zero-order chi connectivity index (χ0) is 21.2. The van der Waals surface area contributed by atoms with E-state index in [4.69, 9.17) is 0 Å². The number of rotatable bonds is 8. The molecule has 1 aromatic rings. The number of hydrogen-bond donors (Lipinski definition) is 2. The summed E-state index contributed by atoms with van der Waals surface area (Å²) in [6.45, 7) is 9.99.